The van der Waals surface area contributed by atoms with Crippen LogP contribution in [-0.2, 0) is 14.3 Å². The third kappa shape index (κ3) is 4.63. The van der Waals surface area contributed by atoms with Gasteiger partial charge in [0.15, 0.2) is 0 Å². The van der Waals surface area contributed by atoms with E-state index in [1.807, 2.05) is 19.1 Å². The quantitative estimate of drug-likeness (QED) is 0.832. The van der Waals surface area contributed by atoms with Crippen LogP contribution in [0.25, 0.3) is 0 Å². The van der Waals surface area contributed by atoms with E-state index in [1.54, 1.807) is 17.0 Å². The number of aliphatic carboxylic acids is 1. The number of hydrogen-bond acceptors (Lipinski definition) is 4. The molecule has 7 heteroatoms. The second-order valence-corrected chi connectivity index (χ2v) is 6.92. The van der Waals surface area contributed by atoms with Crippen LogP contribution in [0.5, 0.6) is 0 Å². The normalized spacial score (nSPS) is 19.7. The van der Waals surface area contributed by atoms with E-state index < -0.39 is 12.0 Å². The van der Waals surface area contributed by atoms with Crippen molar-refractivity contribution in [1.29, 1.82) is 0 Å². The summed E-state index contributed by atoms with van der Waals surface area (Å²) < 4.78 is 5.30. The van der Waals surface area contributed by atoms with Crippen LogP contribution in [0.1, 0.15) is 13.3 Å². The molecule has 1 heterocycles. The van der Waals surface area contributed by atoms with E-state index in [2.05, 4.69) is 0 Å². The number of nitrogens with zero attached hydrogens (tertiary/aromatic N) is 1. The zero-order chi connectivity index (χ0) is 16.1. The van der Waals surface area contributed by atoms with Crippen molar-refractivity contribution in [3.63, 3.8) is 0 Å². The first-order chi connectivity index (χ1) is 10.5. The minimum Gasteiger partial charge on any atom is -0.481 e. The number of rotatable bonds is 5. The van der Waals surface area contributed by atoms with Gasteiger partial charge in [-0.15, -0.1) is 11.8 Å². The van der Waals surface area contributed by atoms with Crippen LogP contribution in [0.2, 0.25) is 5.02 Å². The van der Waals surface area contributed by atoms with Crippen LogP contribution < -0.4 is 0 Å². The fourth-order valence-corrected chi connectivity index (χ4v) is 3.38. The van der Waals surface area contributed by atoms with Gasteiger partial charge in [-0.1, -0.05) is 11.6 Å². The second kappa shape index (κ2) is 7.85. The Balaban J connectivity index is 2.01. The highest BCUT2D eigenvalue weighted by Gasteiger charge is 2.31. The highest BCUT2D eigenvalue weighted by molar-refractivity contribution is 8.00. The van der Waals surface area contributed by atoms with E-state index in [-0.39, 0.29) is 24.2 Å². The Morgan fingerprint density at radius 1 is 1.45 bits per heavy atom. The maximum absolute atomic E-state index is 12.6. The smallest absolute Gasteiger partial charge is 0.305 e. The molecule has 1 aliphatic rings. The van der Waals surface area contributed by atoms with E-state index in [4.69, 9.17) is 21.4 Å². The molecule has 22 heavy (non-hydrogen) atoms. The predicted molar refractivity (Wildman–Crippen MR) is 85.3 cm³/mol. The van der Waals surface area contributed by atoms with E-state index in [0.29, 0.717) is 18.2 Å². The van der Waals surface area contributed by atoms with Crippen LogP contribution in [-0.4, -0.2) is 52.9 Å². The summed E-state index contributed by atoms with van der Waals surface area (Å²) in [5.74, 6) is -0.985. The van der Waals surface area contributed by atoms with Crippen LogP contribution in [0.4, 0.5) is 0 Å². The van der Waals surface area contributed by atoms with Crippen LogP contribution in [0.3, 0.4) is 0 Å². The lowest BCUT2D eigenvalue weighted by Gasteiger charge is -2.36. The third-order valence-corrected chi connectivity index (χ3v) is 4.75. The minimum absolute atomic E-state index is 0.0606. The number of carboxylic acids is 1. The number of thioether (sulfide) groups is 1. The summed E-state index contributed by atoms with van der Waals surface area (Å²) in [5, 5.41) is 9.31. The molecule has 0 radical (unpaired) electrons. The van der Waals surface area contributed by atoms with E-state index in [9.17, 15) is 9.59 Å². The molecule has 2 rings (SSSR count). The van der Waals surface area contributed by atoms with Gasteiger partial charge in [0, 0.05) is 16.5 Å². The van der Waals surface area contributed by atoms with E-state index in [1.165, 1.54) is 11.8 Å². The average Bonchev–Trinajstić information content (AvgIpc) is 2.49. The van der Waals surface area contributed by atoms with Crippen molar-refractivity contribution in [3.8, 4) is 0 Å². The summed E-state index contributed by atoms with van der Waals surface area (Å²) >= 11 is 7.28. The largest absolute Gasteiger partial charge is 0.481 e. The number of carbonyl (C=O) groups is 2. The Labute approximate surface area is 138 Å². The van der Waals surface area contributed by atoms with Gasteiger partial charge in [-0.25, -0.2) is 0 Å². The fourth-order valence-electron chi connectivity index (χ4n) is 2.32. The monoisotopic (exact) mass is 343 g/mol. The summed E-state index contributed by atoms with van der Waals surface area (Å²) in [6, 6.07) is 6.90. The van der Waals surface area contributed by atoms with Gasteiger partial charge in [0.25, 0.3) is 0 Å². The number of halogens is 1. The summed E-state index contributed by atoms with van der Waals surface area (Å²) in [7, 11) is 0. The Hall–Kier alpha value is -1.24. The molecule has 1 aliphatic heterocycles. The van der Waals surface area contributed by atoms with Crippen molar-refractivity contribution in [2.75, 3.05) is 19.8 Å². The molecule has 2 unspecified atom stereocenters. The first-order valence-corrected chi connectivity index (χ1v) is 8.25. The number of morpholine rings is 1. The zero-order valence-electron chi connectivity index (χ0n) is 12.2. The van der Waals surface area contributed by atoms with Gasteiger partial charge in [-0.2, -0.15) is 0 Å². The summed E-state index contributed by atoms with van der Waals surface area (Å²) in [5.41, 5.74) is 0. The molecule has 0 spiro atoms. The van der Waals surface area contributed by atoms with Crippen LogP contribution in [0, 0.1) is 0 Å². The van der Waals surface area contributed by atoms with E-state index in [0.717, 1.165) is 4.90 Å². The zero-order valence-corrected chi connectivity index (χ0v) is 13.8. The maximum atomic E-state index is 12.6. The molecule has 1 aromatic carbocycles. The molecule has 0 aliphatic carbocycles. The molecule has 0 aromatic heterocycles. The highest BCUT2D eigenvalue weighted by atomic mass is 35.5. The molecule has 0 bridgehead atoms. The highest BCUT2D eigenvalue weighted by Crippen LogP contribution is 2.27. The lowest BCUT2D eigenvalue weighted by Crippen LogP contribution is -2.51. The Bertz CT molecular complexity index is 537. The topological polar surface area (TPSA) is 66.8 Å². The van der Waals surface area contributed by atoms with Gasteiger partial charge in [0.2, 0.25) is 5.91 Å². The maximum Gasteiger partial charge on any atom is 0.305 e. The van der Waals surface area contributed by atoms with E-state index >= 15 is 0 Å². The molecule has 1 saturated heterocycles. The number of amides is 1. The van der Waals surface area contributed by atoms with Crippen molar-refractivity contribution in [1.82, 2.24) is 4.90 Å². The molecule has 1 N–H and O–H groups in total. The van der Waals surface area contributed by atoms with Crippen molar-refractivity contribution in [2.45, 2.75) is 29.5 Å². The Morgan fingerprint density at radius 3 is 2.77 bits per heavy atom. The molecular formula is C15H18ClNO4S. The van der Waals surface area contributed by atoms with Gasteiger partial charge in [0.05, 0.1) is 30.9 Å². The van der Waals surface area contributed by atoms with Gasteiger partial charge in [0.1, 0.15) is 0 Å². The molecule has 120 valence electrons. The third-order valence-electron chi connectivity index (χ3n) is 3.40. The van der Waals surface area contributed by atoms with Crippen molar-refractivity contribution < 1.29 is 19.4 Å². The number of hydrogen-bond donors (Lipinski definition) is 1. The molecule has 5 nitrogen and oxygen atoms in total. The minimum atomic E-state index is -0.925. The number of ether oxygens (including phenoxy) is 1. The SMILES string of the molecule is CC(Sc1ccc(Cl)cc1)C(=O)N1CCOCC1CC(=O)O. The number of carboxylic acid groups (broad SMARTS) is 1. The fraction of sp³-hybridized carbons (Fsp3) is 0.467. The lowest BCUT2D eigenvalue weighted by atomic mass is 10.1. The molecule has 1 fully saturated rings. The lowest BCUT2D eigenvalue weighted by molar-refractivity contribution is -0.145. The Kier molecular flexibility index (Phi) is 6.11. The second-order valence-electron chi connectivity index (χ2n) is 5.07. The average molecular weight is 344 g/mol. The summed E-state index contributed by atoms with van der Waals surface area (Å²) in [4.78, 5) is 26.1. The Morgan fingerprint density at radius 2 is 2.14 bits per heavy atom. The molecular weight excluding hydrogens is 326 g/mol. The van der Waals surface area contributed by atoms with Gasteiger partial charge < -0.3 is 14.7 Å². The molecule has 1 amide bonds. The van der Waals surface area contributed by atoms with Gasteiger partial charge in [-0.3, -0.25) is 9.59 Å². The number of benzene rings is 1. The van der Waals surface area contributed by atoms with Gasteiger partial charge >= 0.3 is 5.97 Å². The first-order valence-electron chi connectivity index (χ1n) is 6.99. The molecule has 1 aromatic rings. The van der Waals surface area contributed by atoms with Crippen LogP contribution >= 0.6 is 23.4 Å². The van der Waals surface area contributed by atoms with Crippen molar-refractivity contribution in [2.24, 2.45) is 0 Å². The standard InChI is InChI=1S/C15H18ClNO4S/c1-10(22-13-4-2-11(16)3-5-13)15(20)17-6-7-21-9-12(17)8-14(18)19/h2-5,10,12H,6-9H2,1H3,(H,18,19). The summed E-state index contributed by atoms with van der Waals surface area (Å²) in [6.45, 7) is 2.98. The predicted octanol–water partition coefficient (Wildman–Crippen LogP) is 2.52. The molecule has 2 atom stereocenters. The summed E-state index contributed by atoms with van der Waals surface area (Å²) in [6.07, 6.45) is -0.0932. The number of carbonyl (C=O) groups excluding carboxylic acids is 1. The van der Waals surface area contributed by atoms with Crippen LogP contribution in [0.15, 0.2) is 29.2 Å². The first kappa shape index (κ1) is 17.1. The van der Waals surface area contributed by atoms with Crippen molar-refractivity contribution >= 4 is 35.2 Å². The van der Waals surface area contributed by atoms with Crippen molar-refractivity contribution in [3.05, 3.63) is 29.3 Å². The van der Waals surface area contributed by atoms with Gasteiger partial charge in [-0.05, 0) is 31.2 Å². The molecule has 0 saturated carbocycles.